The molecule has 1 heterocycles. The van der Waals surface area contributed by atoms with E-state index in [2.05, 4.69) is 0 Å². The van der Waals surface area contributed by atoms with Crippen molar-refractivity contribution in [3.8, 4) is 0 Å². The van der Waals surface area contributed by atoms with E-state index in [-0.39, 0.29) is 11.6 Å². The van der Waals surface area contributed by atoms with Crippen LogP contribution in [0, 0.1) is 0 Å². The van der Waals surface area contributed by atoms with Gasteiger partial charge in [0.25, 0.3) is 0 Å². The molecule has 0 aromatic rings. The standard InChI is InChI=1S/C10H21AsO8S/c1-11(2,15)4-8-10(14)9(13)7(19-8)3-6(12)5-20(16,17)18/h6-10,12-14H,3-5H2,1-2H3,(H,16,17,18)/t6?,7-,8+,9-,10+/m0/s1. The third kappa shape index (κ3) is 5.85. The SMILES string of the molecule is C[As](C)(=O)C[C@H]1O[C@@H](CC(O)CS(=O)(=O)O)[C@H](O)[C@@H]1O. The van der Waals surface area contributed by atoms with Crippen molar-refractivity contribution in [3.63, 3.8) is 0 Å². The molecule has 0 aromatic carbocycles. The maximum absolute atomic E-state index is 11.8. The van der Waals surface area contributed by atoms with Crippen LogP contribution in [0.25, 0.3) is 0 Å². The van der Waals surface area contributed by atoms with Crippen LogP contribution >= 0.6 is 0 Å². The zero-order valence-corrected chi connectivity index (χ0v) is 14.0. The van der Waals surface area contributed by atoms with Crippen LogP contribution in [0.3, 0.4) is 0 Å². The van der Waals surface area contributed by atoms with Crippen molar-refractivity contribution in [1.29, 1.82) is 0 Å². The van der Waals surface area contributed by atoms with E-state index in [1.54, 1.807) is 11.4 Å². The Balaban J connectivity index is 2.63. The zero-order chi connectivity index (χ0) is 15.7. The van der Waals surface area contributed by atoms with Gasteiger partial charge in [-0.05, 0) is 0 Å². The van der Waals surface area contributed by atoms with Gasteiger partial charge in [0.05, 0.1) is 0 Å². The second-order valence-corrected chi connectivity index (χ2v) is 14.5. The molecular weight excluding hydrogens is 355 g/mol. The first kappa shape index (κ1) is 18.2. The first-order chi connectivity index (χ1) is 8.89. The van der Waals surface area contributed by atoms with E-state index in [1.165, 1.54) is 0 Å². The molecule has 0 radical (unpaired) electrons. The van der Waals surface area contributed by atoms with Gasteiger partial charge in [-0.15, -0.1) is 0 Å². The van der Waals surface area contributed by atoms with Gasteiger partial charge in [0.2, 0.25) is 0 Å². The van der Waals surface area contributed by atoms with Crippen LogP contribution in [0.2, 0.25) is 16.6 Å². The van der Waals surface area contributed by atoms with Crippen LogP contribution in [0.15, 0.2) is 0 Å². The Bertz CT molecular complexity index is 472. The molecule has 1 saturated heterocycles. The summed E-state index contributed by atoms with van der Waals surface area (Å²) in [4.78, 5) is 0. The van der Waals surface area contributed by atoms with Crippen LogP contribution in [0.1, 0.15) is 6.42 Å². The normalized spacial score (nSPS) is 33.3. The molecule has 4 N–H and O–H groups in total. The Kier molecular flexibility index (Phi) is 5.88. The van der Waals surface area contributed by atoms with Gasteiger partial charge in [0, 0.05) is 0 Å². The minimum absolute atomic E-state index is 0.140. The number of aliphatic hydroxyl groups is 3. The van der Waals surface area contributed by atoms with Gasteiger partial charge in [0.15, 0.2) is 0 Å². The molecule has 1 aliphatic heterocycles. The molecule has 10 heteroatoms. The topological polar surface area (TPSA) is 141 Å². The molecule has 0 bridgehead atoms. The van der Waals surface area contributed by atoms with Crippen LogP contribution in [-0.4, -0.2) is 78.1 Å². The summed E-state index contributed by atoms with van der Waals surface area (Å²) >= 11 is -3.08. The Hall–Kier alpha value is 0.108. The number of rotatable bonds is 6. The van der Waals surface area contributed by atoms with Gasteiger partial charge >= 0.3 is 120 Å². The van der Waals surface area contributed by atoms with Gasteiger partial charge < -0.3 is 0 Å². The van der Waals surface area contributed by atoms with Crippen LogP contribution in [0.4, 0.5) is 0 Å². The molecule has 0 aromatic heterocycles. The van der Waals surface area contributed by atoms with Crippen molar-refractivity contribution >= 4 is 23.6 Å². The van der Waals surface area contributed by atoms with Crippen molar-refractivity contribution in [3.05, 3.63) is 0 Å². The first-order valence-corrected chi connectivity index (χ1v) is 13.5. The second kappa shape index (κ2) is 6.47. The van der Waals surface area contributed by atoms with E-state index in [0.717, 1.165) is 0 Å². The second-order valence-electron chi connectivity index (χ2n) is 5.59. The molecule has 0 saturated carbocycles. The summed E-state index contributed by atoms with van der Waals surface area (Å²) in [6.07, 6.45) is -5.96. The average molecular weight is 376 g/mol. The fraction of sp³-hybridized carbons (Fsp3) is 1.00. The summed E-state index contributed by atoms with van der Waals surface area (Å²) in [6, 6.07) is 0. The van der Waals surface area contributed by atoms with Crippen LogP contribution in [-0.2, 0) is 18.6 Å². The molecule has 120 valence electrons. The molecular formula is C10H21AsO8S. The van der Waals surface area contributed by atoms with E-state index in [9.17, 15) is 27.5 Å². The van der Waals surface area contributed by atoms with Crippen molar-refractivity contribution in [2.45, 2.75) is 53.6 Å². The monoisotopic (exact) mass is 376 g/mol. The quantitative estimate of drug-likeness (QED) is 0.333. The molecule has 0 spiro atoms. The van der Waals surface area contributed by atoms with Crippen LogP contribution < -0.4 is 0 Å². The fourth-order valence-electron chi connectivity index (χ4n) is 2.18. The predicted molar refractivity (Wildman–Crippen MR) is 70.7 cm³/mol. The zero-order valence-electron chi connectivity index (χ0n) is 11.3. The van der Waals surface area contributed by atoms with Gasteiger partial charge in [-0.1, -0.05) is 0 Å². The van der Waals surface area contributed by atoms with Crippen molar-refractivity contribution in [1.82, 2.24) is 0 Å². The maximum atomic E-state index is 11.8. The number of hydrogen-bond acceptors (Lipinski definition) is 7. The third-order valence-corrected chi connectivity index (χ3v) is 6.39. The summed E-state index contributed by atoms with van der Waals surface area (Å²) in [5, 5.41) is 29.2. The predicted octanol–water partition coefficient (Wildman–Crippen LogP) is -1.25. The molecule has 20 heavy (non-hydrogen) atoms. The van der Waals surface area contributed by atoms with E-state index >= 15 is 0 Å². The van der Waals surface area contributed by atoms with E-state index in [0.29, 0.717) is 0 Å². The molecule has 1 fully saturated rings. The third-order valence-electron chi connectivity index (χ3n) is 2.99. The van der Waals surface area contributed by atoms with Crippen molar-refractivity contribution in [2.24, 2.45) is 0 Å². The van der Waals surface area contributed by atoms with Crippen molar-refractivity contribution < 1.29 is 36.8 Å². The number of ether oxygens (including phenoxy) is 1. The summed E-state index contributed by atoms with van der Waals surface area (Å²) in [7, 11) is -4.33. The van der Waals surface area contributed by atoms with Gasteiger partial charge in [0.1, 0.15) is 0 Å². The molecule has 0 amide bonds. The van der Waals surface area contributed by atoms with E-state index in [1.807, 2.05) is 0 Å². The van der Waals surface area contributed by atoms with Gasteiger partial charge in [-0.25, -0.2) is 0 Å². The number of hydrogen-bond donors (Lipinski definition) is 4. The summed E-state index contributed by atoms with van der Waals surface area (Å²) in [5.41, 5.74) is 3.17. The Morgan fingerprint density at radius 3 is 2.15 bits per heavy atom. The minimum atomic E-state index is -4.33. The molecule has 1 aliphatic rings. The molecule has 8 nitrogen and oxygen atoms in total. The van der Waals surface area contributed by atoms with E-state index in [4.69, 9.17) is 9.29 Å². The number of aliphatic hydroxyl groups excluding tert-OH is 3. The van der Waals surface area contributed by atoms with Gasteiger partial charge in [-0.3, -0.25) is 0 Å². The summed E-state index contributed by atoms with van der Waals surface area (Å²) in [6.45, 7) is 0. The summed E-state index contributed by atoms with van der Waals surface area (Å²) in [5.74, 6) is -0.871. The van der Waals surface area contributed by atoms with E-state index < -0.39 is 59.9 Å². The first-order valence-electron chi connectivity index (χ1n) is 6.08. The molecule has 5 atom stereocenters. The molecule has 1 rings (SSSR count). The van der Waals surface area contributed by atoms with Gasteiger partial charge in [-0.2, -0.15) is 0 Å². The Morgan fingerprint density at radius 2 is 1.70 bits per heavy atom. The van der Waals surface area contributed by atoms with Crippen molar-refractivity contribution in [2.75, 3.05) is 5.75 Å². The summed E-state index contributed by atoms with van der Waals surface area (Å²) < 4.78 is 47.0. The fourth-order valence-corrected chi connectivity index (χ4v) is 5.26. The Morgan fingerprint density at radius 1 is 1.20 bits per heavy atom. The molecule has 0 aliphatic carbocycles. The average Bonchev–Trinajstić information content (AvgIpc) is 2.41. The Labute approximate surface area is 120 Å². The molecule has 1 unspecified atom stereocenters. The van der Waals surface area contributed by atoms with Crippen LogP contribution in [0.5, 0.6) is 0 Å².